The summed E-state index contributed by atoms with van der Waals surface area (Å²) in [6.45, 7) is 1.98. The first-order valence-corrected chi connectivity index (χ1v) is 9.77. The van der Waals surface area contributed by atoms with Crippen molar-refractivity contribution in [3.63, 3.8) is 0 Å². The smallest absolute Gasteiger partial charge is 0.207 e. The first kappa shape index (κ1) is 17.3. The fourth-order valence-corrected chi connectivity index (χ4v) is 5.08. The summed E-state index contributed by atoms with van der Waals surface area (Å²) in [6.07, 6.45) is 2.74. The summed E-state index contributed by atoms with van der Waals surface area (Å²) in [4.78, 5) is 0.152. The molecule has 1 rings (SSSR count). The van der Waals surface area contributed by atoms with Gasteiger partial charge >= 0.3 is 0 Å². The monoisotopic (exact) mass is 385 g/mol. The summed E-state index contributed by atoms with van der Waals surface area (Å²) in [5, 5.41) is 0.236. The van der Waals surface area contributed by atoms with Gasteiger partial charge in [-0.2, -0.15) is 16.1 Å². The van der Waals surface area contributed by atoms with Gasteiger partial charge in [0.2, 0.25) is 10.0 Å². The van der Waals surface area contributed by atoms with Crippen molar-refractivity contribution < 1.29 is 8.42 Å². The van der Waals surface area contributed by atoms with Crippen LogP contribution in [0.15, 0.2) is 27.6 Å². The van der Waals surface area contributed by atoms with E-state index in [-0.39, 0.29) is 16.0 Å². The van der Waals surface area contributed by atoms with Crippen molar-refractivity contribution in [1.29, 1.82) is 0 Å². The number of benzene rings is 1. The molecule has 0 heterocycles. The van der Waals surface area contributed by atoms with E-state index in [2.05, 4.69) is 15.9 Å². The average molecular weight is 387 g/mol. The Morgan fingerprint density at radius 2 is 2.11 bits per heavy atom. The minimum absolute atomic E-state index is 0.0280. The first-order valence-electron chi connectivity index (χ1n) is 5.76. The average Bonchev–Trinajstić information content (AvgIpc) is 2.34. The molecule has 0 aliphatic heterocycles. The zero-order valence-corrected chi connectivity index (χ0v) is 15.0. The van der Waals surface area contributed by atoms with E-state index in [4.69, 9.17) is 11.6 Å². The lowest BCUT2D eigenvalue weighted by Crippen LogP contribution is -2.38. The van der Waals surface area contributed by atoms with Gasteiger partial charge in [0.25, 0.3) is 0 Å². The van der Waals surface area contributed by atoms with Crippen molar-refractivity contribution in [3.8, 4) is 0 Å². The van der Waals surface area contributed by atoms with Crippen molar-refractivity contribution in [1.82, 2.24) is 4.31 Å². The maximum atomic E-state index is 12.6. The van der Waals surface area contributed by atoms with Gasteiger partial charge in [0.05, 0.1) is 5.02 Å². The molecule has 19 heavy (non-hydrogen) atoms. The third-order valence-corrected chi connectivity index (χ3v) is 6.50. The van der Waals surface area contributed by atoms with Gasteiger partial charge in [0.1, 0.15) is 4.90 Å². The molecule has 3 nitrogen and oxygen atoms in total. The SMILES string of the molecule is CCC(CSC)N(C)S(=O)(=O)c1ccc(Br)cc1Cl. The molecule has 0 amide bonds. The standard InChI is InChI=1S/C12H17BrClNO2S2/c1-4-10(8-18-3)15(2)19(16,17)12-6-5-9(13)7-11(12)14/h5-7,10H,4,8H2,1-3H3. The quantitative estimate of drug-likeness (QED) is 0.745. The Bertz CT molecular complexity index is 537. The van der Waals surface area contributed by atoms with E-state index in [0.717, 1.165) is 16.6 Å². The van der Waals surface area contributed by atoms with Crippen LogP contribution in [0.25, 0.3) is 0 Å². The maximum absolute atomic E-state index is 12.6. The number of sulfonamides is 1. The van der Waals surface area contributed by atoms with E-state index in [1.165, 1.54) is 10.4 Å². The second-order valence-corrected chi connectivity index (χ2v) is 8.31. The Labute approximate surface area is 132 Å². The topological polar surface area (TPSA) is 37.4 Å². The van der Waals surface area contributed by atoms with Crippen LogP contribution in [-0.2, 0) is 10.0 Å². The predicted molar refractivity (Wildman–Crippen MR) is 86.6 cm³/mol. The molecule has 7 heteroatoms. The lowest BCUT2D eigenvalue weighted by atomic mass is 10.3. The minimum Gasteiger partial charge on any atom is -0.207 e. The number of thioether (sulfide) groups is 1. The molecule has 0 fully saturated rings. The fraction of sp³-hybridized carbons (Fsp3) is 0.500. The molecule has 1 aromatic carbocycles. The van der Waals surface area contributed by atoms with E-state index < -0.39 is 10.0 Å². The third-order valence-electron chi connectivity index (χ3n) is 2.90. The van der Waals surface area contributed by atoms with E-state index in [1.807, 2.05) is 13.2 Å². The number of hydrogen-bond acceptors (Lipinski definition) is 3. The molecule has 1 unspecified atom stereocenters. The summed E-state index contributed by atoms with van der Waals surface area (Å²) in [5.41, 5.74) is 0. The highest BCUT2D eigenvalue weighted by Crippen LogP contribution is 2.28. The number of halogens is 2. The highest BCUT2D eigenvalue weighted by atomic mass is 79.9. The van der Waals surface area contributed by atoms with E-state index in [0.29, 0.717) is 0 Å². The van der Waals surface area contributed by atoms with Crippen LogP contribution in [0.5, 0.6) is 0 Å². The third kappa shape index (κ3) is 4.11. The predicted octanol–water partition coefficient (Wildman–Crippen LogP) is 3.86. The van der Waals surface area contributed by atoms with E-state index in [1.54, 1.807) is 30.9 Å². The van der Waals surface area contributed by atoms with Crippen LogP contribution < -0.4 is 0 Å². The van der Waals surface area contributed by atoms with Crippen LogP contribution in [0.2, 0.25) is 5.02 Å². The number of nitrogens with zero attached hydrogens (tertiary/aromatic N) is 1. The molecule has 0 spiro atoms. The van der Waals surface area contributed by atoms with E-state index >= 15 is 0 Å². The van der Waals surface area contributed by atoms with Gasteiger partial charge in [-0.25, -0.2) is 8.42 Å². The highest BCUT2D eigenvalue weighted by Gasteiger charge is 2.28. The zero-order chi connectivity index (χ0) is 14.6. The van der Waals surface area contributed by atoms with Crippen LogP contribution >= 0.6 is 39.3 Å². The molecular formula is C12H17BrClNO2S2. The summed E-state index contributed by atoms with van der Waals surface area (Å²) < 4.78 is 27.3. The van der Waals surface area contributed by atoms with Crippen molar-refractivity contribution >= 4 is 49.3 Å². The lowest BCUT2D eigenvalue weighted by molar-refractivity contribution is 0.385. The zero-order valence-electron chi connectivity index (χ0n) is 11.1. The van der Waals surface area contributed by atoms with Gasteiger partial charge in [0, 0.05) is 23.3 Å². The number of rotatable bonds is 6. The molecule has 0 bridgehead atoms. The van der Waals surface area contributed by atoms with Crippen LogP contribution in [-0.4, -0.2) is 37.8 Å². The summed E-state index contributed by atoms with van der Waals surface area (Å²) >= 11 is 10.9. The molecule has 0 aromatic heterocycles. The van der Waals surface area contributed by atoms with Crippen LogP contribution in [0, 0.1) is 0 Å². The first-order chi connectivity index (χ1) is 8.84. The van der Waals surface area contributed by atoms with Crippen LogP contribution in [0.1, 0.15) is 13.3 Å². The Morgan fingerprint density at radius 1 is 1.47 bits per heavy atom. The molecular weight excluding hydrogens is 370 g/mol. The molecule has 0 saturated carbocycles. The molecule has 1 aromatic rings. The van der Waals surface area contributed by atoms with Gasteiger partial charge in [-0.15, -0.1) is 0 Å². The minimum atomic E-state index is -3.55. The normalized spacial score (nSPS) is 13.8. The maximum Gasteiger partial charge on any atom is 0.244 e. The van der Waals surface area contributed by atoms with Gasteiger partial charge in [-0.1, -0.05) is 34.5 Å². The Hall–Kier alpha value is 0.250. The van der Waals surface area contributed by atoms with Crippen LogP contribution in [0.3, 0.4) is 0 Å². The van der Waals surface area contributed by atoms with Crippen LogP contribution in [0.4, 0.5) is 0 Å². The second-order valence-electron chi connectivity index (χ2n) is 4.11. The Kier molecular flexibility index (Phi) is 6.66. The van der Waals surface area contributed by atoms with Gasteiger partial charge < -0.3 is 0 Å². The summed E-state index contributed by atoms with van der Waals surface area (Å²) in [6, 6.07) is 4.78. The molecule has 0 saturated heterocycles. The second kappa shape index (κ2) is 7.31. The summed E-state index contributed by atoms with van der Waals surface area (Å²) in [5.74, 6) is 0.764. The molecule has 0 aliphatic rings. The molecule has 0 aliphatic carbocycles. The van der Waals surface area contributed by atoms with Gasteiger partial charge in [0.15, 0.2) is 0 Å². The molecule has 108 valence electrons. The lowest BCUT2D eigenvalue weighted by Gasteiger charge is -2.26. The summed E-state index contributed by atoms with van der Waals surface area (Å²) in [7, 11) is -1.94. The Balaban J connectivity index is 3.15. The van der Waals surface area contributed by atoms with Crippen molar-refractivity contribution in [2.45, 2.75) is 24.3 Å². The molecule has 0 N–H and O–H groups in total. The van der Waals surface area contributed by atoms with Gasteiger partial charge in [-0.3, -0.25) is 0 Å². The molecule has 1 atom stereocenters. The largest absolute Gasteiger partial charge is 0.244 e. The van der Waals surface area contributed by atoms with E-state index in [9.17, 15) is 8.42 Å². The van der Waals surface area contributed by atoms with Crippen molar-refractivity contribution in [2.75, 3.05) is 19.1 Å². The van der Waals surface area contributed by atoms with Gasteiger partial charge in [-0.05, 0) is 30.9 Å². The molecule has 0 radical (unpaired) electrons. The van der Waals surface area contributed by atoms with Crippen molar-refractivity contribution in [3.05, 3.63) is 27.7 Å². The Morgan fingerprint density at radius 3 is 2.58 bits per heavy atom. The fourth-order valence-electron chi connectivity index (χ4n) is 1.71. The highest BCUT2D eigenvalue weighted by molar-refractivity contribution is 9.10. The number of hydrogen-bond donors (Lipinski definition) is 0. The van der Waals surface area contributed by atoms with Crippen molar-refractivity contribution in [2.24, 2.45) is 0 Å².